The van der Waals surface area contributed by atoms with E-state index in [1.165, 1.54) is 18.5 Å². The number of sulfonamides is 1. The number of amides is 1. The molecule has 1 amide bonds. The van der Waals surface area contributed by atoms with Gasteiger partial charge in [0.1, 0.15) is 12.0 Å². The van der Waals surface area contributed by atoms with Gasteiger partial charge in [0.25, 0.3) is 5.91 Å². The summed E-state index contributed by atoms with van der Waals surface area (Å²) in [6, 6.07) is 6.32. The smallest absolute Gasteiger partial charge is 0.270 e. The highest BCUT2D eigenvalue weighted by Crippen LogP contribution is 2.21. The molecular formula is C17H20N4O3S. The minimum atomic E-state index is -3.68. The summed E-state index contributed by atoms with van der Waals surface area (Å²) in [5.41, 5.74) is 3.32. The molecule has 0 bridgehead atoms. The first-order valence-corrected chi connectivity index (χ1v) is 9.72. The number of hydrogen-bond acceptors (Lipinski definition) is 5. The Labute approximate surface area is 146 Å². The van der Waals surface area contributed by atoms with Gasteiger partial charge < -0.3 is 5.32 Å². The van der Waals surface area contributed by atoms with Crippen LogP contribution in [0, 0.1) is 0 Å². The van der Waals surface area contributed by atoms with Crippen LogP contribution in [0.5, 0.6) is 0 Å². The number of hydrogen-bond donors (Lipinski definition) is 2. The largest absolute Gasteiger partial charge is 0.350 e. The molecule has 7 nitrogen and oxygen atoms in total. The molecule has 0 saturated heterocycles. The van der Waals surface area contributed by atoms with Crippen molar-refractivity contribution in [3.05, 3.63) is 53.1 Å². The van der Waals surface area contributed by atoms with Crippen molar-refractivity contribution in [3.63, 3.8) is 0 Å². The third-order valence-corrected chi connectivity index (χ3v) is 5.22. The molecule has 0 aliphatic heterocycles. The van der Waals surface area contributed by atoms with Crippen molar-refractivity contribution in [2.45, 2.75) is 37.0 Å². The van der Waals surface area contributed by atoms with Crippen LogP contribution in [0.4, 0.5) is 0 Å². The number of nitrogens with two attached hydrogens (primary N) is 1. The highest BCUT2D eigenvalue weighted by atomic mass is 32.2. The predicted molar refractivity (Wildman–Crippen MR) is 92.5 cm³/mol. The summed E-state index contributed by atoms with van der Waals surface area (Å²) in [7, 11) is -3.68. The molecule has 132 valence electrons. The fourth-order valence-corrected chi connectivity index (χ4v) is 3.48. The van der Waals surface area contributed by atoms with Gasteiger partial charge in [-0.15, -0.1) is 0 Å². The molecule has 1 aromatic heterocycles. The molecule has 0 unspecified atom stereocenters. The maximum absolute atomic E-state index is 12.4. The second-order valence-corrected chi connectivity index (χ2v) is 7.61. The van der Waals surface area contributed by atoms with Crippen LogP contribution in [0.15, 0.2) is 35.5 Å². The highest BCUT2D eigenvalue weighted by molar-refractivity contribution is 7.89. The monoisotopic (exact) mass is 360 g/mol. The van der Waals surface area contributed by atoms with Gasteiger partial charge in [-0.25, -0.2) is 23.5 Å². The number of primary sulfonamides is 1. The number of nitrogens with one attached hydrogen (secondary N) is 1. The van der Waals surface area contributed by atoms with Gasteiger partial charge in [0, 0.05) is 17.8 Å². The van der Waals surface area contributed by atoms with Crippen LogP contribution in [0.3, 0.4) is 0 Å². The number of benzene rings is 1. The molecule has 1 aliphatic rings. The number of nitrogens with zero attached hydrogens (tertiary/aromatic N) is 2. The second kappa shape index (κ2) is 7.28. The van der Waals surface area contributed by atoms with Crippen LogP contribution in [0.2, 0.25) is 0 Å². The lowest BCUT2D eigenvalue weighted by atomic mass is 9.94. The molecule has 0 atom stereocenters. The minimum absolute atomic E-state index is 0.0768. The van der Waals surface area contributed by atoms with Crippen molar-refractivity contribution in [3.8, 4) is 0 Å². The Bertz CT molecular complexity index is 879. The van der Waals surface area contributed by atoms with E-state index in [-0.39, 0.29) is 10.8 Å². The van der Waals surface area contributed by atoms with Crippen molar-refractivity contribution < 1.29 is 13.2 Å². The summed E-state index contributed by atoms with van der Waals surface area (Å²) >= 11 is 0. The van der Waals surface area contributed by atoms with Gasteiger partial charge in [-0.1, -0.05) is 12.1 Å². The SMILES string of the molecule is NS(=O)(=O)c1ccc(CCNC(=O)c2ncnc3c2CCCC3)cc1. The molecule has 2 aromatic rings. The maximum atomic E-state index is 12.4. The molecule has 8 heteroatoms. The van der Waals surface area contributed by atoms with Crippen molar-refractivity contribution >= 4 is 15.9 Å². The van der Waals surface area contributed by atoms with Crippen LogP contribution in [-0.2, 0) is 29.3 Å². The molecule has 3 N–H and O–H groups in total. The zero-order valence-corrected chi connectivity index (χ0v) is 14.6. The van der Waals surface area contributed by atoms with Crippen LogP contribution in [0.25, 0.3) is 0 Å². The quantitative estimate of drug-likeness (QED) is 0.824. The lowest BCUT2D eigenvalue weighted by molar-refractivity contribution is 0.0947. The Hall–Kier alpha value is -2.32. The van der Waals surface area contributed by atoms with E-state index in [1.54, 1.807) is 12.1 Å². The van der Waals surface area contributed by atoms with E-state index in [9.17, 15) is 13.2 Å². The molecule has 1 heterocycles. The molecule has 0 radical (unpaired) electrons. The summed E-state index contributed by atoms with van der Waals surface area (Å²) in [5.74, 6) is -0.193. The Morgan fingerprint density at radius 2 is 1.84 bits per heavy atom. The Morgan fingerprint density at radius 1 is 1.12 bits per heavy atom. The van der Waals surface area contributed by atoms with E-state index in [0.717, 1.165) is 42.5 Å². The standard InChI is InChI=1S/C17H20N4O3S/c18-25(23,24)13-7-5-12(6-8-13)9-10-19-17(22)16-14-3-1-2-4-15(14)20-11-21-16/h5-8,11H,1-4,9-10H2,(H,19,22)(H2,18,23,24). The van der Waals surface area contributed by atoms with Gasteiger partial charge in [0.05, 0.1) is 4.90 Å². The molecule has 0 spiro atoms. The van der Waals surface area contributed by atoms with E-state index in [2.05, 4.69) is 15.3 Å². The fourth-order valence-electron chi connectivity index (χ4n) is 2.97. The predicted octanol–water partition coefficient (Wildman–Crippen LogP) is 0.975. The number of carbonyl (C=O) groups is 1. The summed E-state index contributed by atoms with van der Waals surface area (Å²) < 4.78 is 22.5. The van der Waals surface area contributed by atoms with E-state index in [1.807, 2.05) is 0 Å². The van der Waals surface area contributed by atoms with E-state index in [0.29, 0.717) is 18.7 Å². The van der Waals surface area contributed by atoms with Gasteiger partial charge >= 0.3 is 0 Å². The molecule has 1 aromatic carbocycles. The lowest BCUT2D eigenvalue weighted by Gasteiger charge is -2.16. The first-order chi connectivity index (χ1) is 11.9. The average Bonchev–Trinajstić information content (AvgIpc) is 2.61. The summed E-state index contributed by atoms with van der Waals surface area (Å²) in [5, 5.41) is 7.94. The van der Waals surface area contributed by atoms with Crippen molar-refractivity contribution in [2.24, 2.45) is 5.14 Å². The van der Waals surface area contributed by atoms with E-state index < -0.39 is 10.0 Å². The second-order valence-electron chi connectivity index (χ2n) is 6.05. The molecule has 0 fully saturated rings. The van der Waals surface area contributed by atoms with Gasteiger partial charge in [0.15, 0.2) is 0 Å². The van der Waals surface area contributed by atoms with Crippen LogP contribution in [-0.4, -0.2) is 30.8 Å². The zero-order valence-electron chi connectivity index (χ0n) is 13.7. The van der Waals surface area contributed by atoms with Crippen LogP contribution in [0.1, 0.15) is 40.2 Å². The minimum Gasteiger partial charge on any atom is -0.350 e. The Balaban J connectivity index is 1.60. The van der Waals surface area contributed by atoms with E-state index >= 15 is 0 Å². The number of fused-ring (bicyclic) bond motifs is 1. The number of aryl methyl sites for hydroxylation is 1. The van der Waals surface area contributed by atoms with Crippen LogP contribution >= 0.6 is 0 Å². The number of rotatable bonds is 5. The fraction of sp³-hybridized carbons (Fsp3) is 0.353. The topological polar surface area (TPSA) is 115 Å². The molecule has 3 rings (SSSR count). The molecular weight excluding hydrogens is 340 g/mol. The van der Waals surface area contributed by atoms with Gasteiger partial charge in [-0.2, -0.15) is 0 Å². The van der Waals surface area contributed by atoms with Crippen molar-refractivity contribution in [1.82, 2.24) is 15.3 Å². The van der Waals surface area contributed by atoms with Crippen LogP contribution < -0.4 is 10.5 Å². The van der Waals surface area contributed by atoms with Gasteiger partial charge in [0.2, 0.25) is 10.0 Å². The zero-order chi connectivity index (χ0) is 17.9. The average molecular weight is 360 g/mol. The summed E-state index contributed by atoms with van der Waals surface area (Å²) in [6.45, 7) is 0.437. The Morgan fingerprint density at radius 3 is 2.56 bits per heavy atom. The van der Waals surface area contributed by atoms with Crippen molar-refractivity contribution in [1.29, 1.82) is 0 Å². The number of aromatic nitrogens is 2. The normalized spacial score (nSPS) is 14.0. The first kappa shape index (κ1) is 17.5. The third-order valence-electron chi connectivity index (χ3n) is 4.29. The molecule has 0 saturated carbocycles. The van der Waals surface area contributed by atoms with E-state index in [4.69, 9.17) is 5.14 Å². The molecule has 1 aliphatic carbocycles. The Kier molecular flexibility index (Phi) is 5.10. The lowest BCUT2D eigenvalue weighted by Crippen LogP contribution is -2.29. The highest BCUT2D eigenvalue weighted by Gasteiger charge is 2.19. The van der Waals surface area contributed by atoms with Crippen molar-refractivity contribution in [2.75, 3.05) is 6.54 Å². The van der Waals surface area contributed by atoms with Gasteiger partial charge in [-0.3, -0.25) is 4.79 Å². The number of carbonyl (C=O) groups excluding carboxylic acids is 1. The summed E-state index contributed by atoms with van der Waals surface area (Å²) in [4.78, 5) is 20.9. The third kappa shape index (κ3) is 4.21. The molecule has 25 heavy (non-hydrogen) atoms. The maximum Gasteiger partial charge on any atom is 0.270 e. The van der Waals surface area contributed by atoms with Gasteiger partial charge in [-0.05, 0) is 49.8 Å². The first-order valence-electron chi connectivity index (χ1n) is 8.18. The summed E-state index contributed by atoms with van der Waals surface area (Å²) in [6.07, 6.45) is 5.92.